The normalized spacial score (nSPS) is 11.9. The lowest BCUT2D eigenvalue weighted by Gasteiger charge is -2.38. The average molecular weight is 500 g/mol. The summed E-state index contributed by atoms with van der Waals surface area (Å²) in [6, 6.07) is 30.0. The van der Waals surface area contributed by atoms with Crippen molar-refractivity contribution < 1.29 is 19.8 Å². The van der Waals surface area contributed by atoms with E-state index in [-0.39, 0.29) is 13.0 Å². The Balaban J connectivity index is 1.75. The van der Waals surface area contributed by atoms with Gasteiger partial charge >= 0.3 is 6.09 Å². The summed E-state index contributed by atoms with van der Waals surface area (Å²) in [5.41, 5.74) is 2.47. The highest BCUT2D eigenvalue weighted by Gasteiger charge is 2.38. The molecule has 0 aliphatic rings. The zero-order chi connectivity index (χ0) is 26.3. The van der Waals surface area contributed by atoms with E-state index in [2.05, 4.69) is 21.0 Å². The largest absolute Gasteiger partial charge is 0.465 e. The smallest absolute Gasteiger partial charge is 0.404 e. The topological polar surface area (TPSA) is 129 Å². The van der Waals surface area contributed by atoms with Gasteiger partial charge < -0.3 is 26.2 Å². The van der Waals surface area contributed by atoms with E-state index in [0.29, 0.717) is 11.5 Å². The number of amides is 2. The first-order valence-electron chi connectivity index (χ1n) is 11.8. The number of aliphatic hydroxyl groups excluding tert-OH is 1. The second kappa shape index (κ2) is 11.4. The Bertz CT molecular complexity index is 1230. The van der Waals surface area contributed by atoms with Crippen LogP contribution in [-0.2, 0) is 17.4 Å². The SMILES string of the molecule is Cn1ncc(NC(=O)[C@@H](O)CCNC(=O)O)c1NC(c1ccccc1)(c1ccccc1)c1ccccc1. The highest BCUT2D eigenvalue weighted by atomic mass is 16.4. The standard InChI is InChI=1S/C28H29N5O4/c1-33-25(23(19-30-33)31-26(35)24(34)17-18-29-27(36)37)32-28(20-11-5-2-6-12-20,21-13-7-3-8-14-21)22-15-9-4-10-16-22/h2-16,19,24,29,32,34H,17-18H2,1H3,(H,31,35)(H,36,37)/t24-/m0/s1. The molecule has 0 aliphatic carbocycles. The van der Waals surface area contributed by atoms with Crippen LogP contribution in [0.25, 0.3) is 0 Å². The van der Waals surface area contributed by atoms with Gasteiger partial charge in [0, 0.05) is 13.6 Å². The number of anilines is 2. The lowest BCUT2D eigenvalue weighted by Crippen LogP contribution is -2.39. The van der Waals surface area contributed by atoms with Crippen LogP contribution in [0.4, 0.5) is 16.3 Å². The molecule has 9 nitrogen and oxygen atoms in total. The number of carbonyl (C=O) groups excluding carboxylic acids is 1. The minimum absolute atomic E-state index is 0.0544. The number of aromatic nitrogens is 2. The second-order valence-electron chi connectivity index (χ2n) is 8.53. The highest BCUT2D eigenvalue weighted by Crippen LogP contribution is 2.41. The van der Waals surface area contributed by atoms with E-state index in [1.54, 1.807) is 11.7 Å². The third-order valence-corrected chi connectivity index (χ3v) is 6.12. The summed E-state index contributed by atoms with van der Waals surface area (Å²) in [6.45, 7) is -0.0544. The van der Waals surface area contributed by atoms with Gasteiger partial charge in [0.2, 0.25) is 0 Å². The fraction of sp³-hybridized carbons (Fsp3) is 0.179. The predicted molar refractivity (Wildman–Crippen MR) is 141 cm³/mol. The molecule has 5 N–H and O–H groups in total. The number of carboxylic acid groups (broad SMARTS) is 1. The lowest BCUT2D eigenvalue weighted by molar-refractivity contribution is -0.124. The van der Waals surface area contributed by atoms with Crippen LogP contribution in [-0.4, -0.2) is 44.6 Å². The number of aliphatic hydroxyl groups is 1. The van der Waals surface area contributed by atoms with Gasteiger partial charge in [0.25, 0.3) is 5.91 Å². The van der Waals surface area contributed by atoms with Gasteiger partial charge in [-0.05, 0) is 23.1 Å². The summed E-state index contributed by atoms with van der Waals surface area (Å²) in [6.07, 6.45) is -1.18. The van der Waals surface area contributed by atoms with E-state index in [1.807, 2.05) is 91.0 Å². The highest BCUT2D eigenvalue weighted by molar-refractivity contribution is 5.96. The molecular weight excluding hydrogens is 470 g/mol. The number of hydrogen-bond donors (Lipinski definition) is 5. The van der Waals surface area contributed by atoms with Crippen LogP contribution in [0, 0.1) is 0 Å². The van der Waals surface area contributed by atoms with Crippen molar-refractivity contribution in [3.63, 3.8) is 0 Å². The quantitative estimate of drug-likeness (QED) is 0.211. The molecule has 37 heavy (non-hydrogen) atoms. The number of hydrogen-bond acceptors (Lipinski definition) is 5. The molecule has 1 heterocycles. The predicted octanol–water partition coefficient (Wildman–Crippen LogP) is 3.78. The fourth-order valence-corrected chi connectivity index (χ4v) is 4.30. The van der Waals surface area contributed by atoms with Gasteiger partial charge in [-0.25, -0.2) is 4.79 Å². The second-order valence-corrected chi connectivity index (χ2v) is 8.53. The molecule has 0 unspecified atom stereocenters. The van der Waals surface area contributed by atoms with Crippen LogP contribution in [0.15, 0.2) is 97.2 Å². The summed E-state index contributed by atoms with van der Waals surface area (Å²) >= 11 is 0. The van der Waals surface area contributed by atoms with Crippen molar-refractivity contribution >= 4 is 23.5 Å². The number of nitrogens with one attached hydrogen (secondary N) is 3. The van der Waals surface area contributed by atoms with Crippen molar-refractivity contribution in [1.29, 1.82) is 0 Å². The van der Waals surface area contributed by atoms with Crippen LogP contribution in [0.3, 0.4) is 0 Å². The Morgan fingerprint density at radius 2 is 1.38 bits per heavy atom. The first-order chi connectivity index (χ1) is 17.9. The van der Waals surface area contributed by atoms with E-state index < -0.39 is 23.6 Å². The van der Waals surface area contributed by atoms with Crippen molar-refractivity contribution in [3.05, 3.63) is 114 Å². The number of benzene rings is 3. The third kappa shape index (κ3) is 5.62. The maximum absolute atomic E-state index is 12.7. The molecule has 0 aliphatic heterocycles. The number of rotatable bonds is 10. The molecule has 0 fully saturated rings. The summed E-state index contributed by atoms with van der Waals surface area (Å²) in [4.78, 5) is 23.4. The summed E-state index contributed by atoms with van der Waals surface area (Å²) in [5.74, 6) is -0.131. The molecule has 1 aromatic heterocycles. The first-order valence-corrected chi connectivity index (χ1v) is 11.8. The van der Waals surface area contributed by atoms with E-state index in [4.69, 9.17) is 5.11 Å². The average Bonchev–Trinajstić information content (AvgIpc) is 3.26. The van der Waals surface area contributed by atoms with Crippen LogP contribution in [0.2, 0.25) is 0 Å². The van der Waals surface area contributed by atoms with E-state index >= 15 is 0 Å². The maximum atomic E-state index is 12.7. The zero-order valence-corrected chi connectivity index (χ0v) is 20.3. The van der Waals surface area contributed by atoms with Gasteiger partial charge in [-0.15, -0.1) is 0 Å². The minimum Gasteiger partial charge on any atom is -0.465 e. The summed E-state index contributed by atoms with van der Waals surface area (Å²) in [7, 11) is 1.76. The van der Waals surface area contributed by atoms with Gasteiger partial charge in [-0.1, -0.05) is 91.0 Å². The van der Waals surface area contributed by atoms with Crippen LogP contribution < -0.4 is 16.0 Å². The van der Waals surface area contributed by atoms with Gasteiger partial charge in [0.05, 0.1) is 6.20 Å². The Morgan fingerprint density at radius 3 is 1.84 bits per heavy atom. The molecule has 0 bridgehead atoms. The van der Waals surface area contributed by atoms with Crippen LogP contribution >= 0.6 is 0 Å². The van der Waals surface area contributed by atoms with Gasteiger partial charge in [0.1, 0.15) is 23.1 Å². The Morgan fingerprint density at radius 1 is 0.892 bits per heavy atom. The molecule has 190 valence electrons. The molecule has 0 saturated carbocycles. The van der Waals surface area contributed by atoms with Gasteiger partial charge in [0.15, 0.2) is 0 Å². The Hall–Kier alpha value is -4.63. The summed E-state index contributed by atoms with van der Waals surface area (Å²) in [5, 5.41) is 31.9. The number of aryl methyl sites for hydroxylation is 1. The third-order valence-electron chi connectivity index (χ3n) is 6.12. The van der Waals surface area contributed by atoms with Crippen LogP contribution in [0.1, 0.15) is 23.1 Å². The molecule has 9 heteroatoms. The van der Waals surface area contributed by atoms with Crippen molar-refractivity contribution in [2.75, 3.05) is 17.2 Å². The van der Waals surface area contributed by atoms with Gasteiger partial charge in [-0.2, -0.15) is 5.10 Å². The van der Waals surface area contributed by atoms with Crippen molar-refractivity contribution in [1.82, 2.24) is 15.1 Å². The Kier molecular flexibility index (Phi) is 7.85. The maximum Gasteiger partial charge on any atom is 0.404 e. The minimum atomic E-state index is -1.40. The van der Waals surface area contributed by atoms with Crippen molar-refractivity contribution in [3.8, 4) is 0 Å². The molecule has 4 aromatic rings. The molecule has 0 radical (unpaired) electrons. The van der Waals surface area contributed by atoms with E-state index in [1.165, 1.54) is 6.20 Å². The molecule has 2 amide bonds. The van der Waals surface area contributed by atoms with E-state index in [0.717, 1.165) is 16.7 Å². The van der Waals surface area contributed by atoms with Crippen molar-refractivity contribution in [2.45, 2.75) is 18.1 Å². The zero-order valence-electron chi connectivity index (χ0n) is 20.3. The van der Waals surface area contributed by atoms with Crippen LogP contribution in [0.5, 0.6) is 0 Å². The summed E-state index contributed by atoms with van der Waals surface area (Å²) < 4.78 is 1.62. The molecule has 0 spiro atoms. The molecular formula is C28H29N5O4. The molecule has 1 atom stereocenters. The fourth-order valence-electron chi connectivity index (χ4n) is 4.30. The molecule has 3 aromatic carbocycles. The first kappa shape index (κ1) is 25.5. The molecule has 4 rings (SSSR count). The Labute approximate surface area is 214 Å². The molecule has 0 saturated heterocycles. The number of carbonyl (C=O) groups is 2. The van der Waals surface area contributed by atoms with Gasteiger partial charge in [-0.3, -0.25) is 9.48 Å². The number of nitrogens with zero attached hydrogens (tertiary/aromatic N) is 2. The monoisotopic (exact) mass is 499 g/mol. The van der Waals surface area contributed by atoms with Crippen molar-refractivity contribution in [2.24, 2.45) is 7.05 Å². The lowest BCUT2D eigenvalue weighted by atomic mass is 9.77. The van der Waals surface area contributed by atoms with E-state index in [9.17, 15) is 14.7 Å².